The summed E-state index contributed by atoms with van der Waals surface area (Å²) in [6, 6.07) is 0. The van der Waals surface area contributed by atoms with Crippen LogP contribution in [0.15, 0.2) is 6.20 Å². The maximum absolute atomic E-state index is 4.37. The van der Waals surface area contributed by atoms with Crippen LogP contribution in [0.3, 0.4) is 0 Å². The molecule has 0 radical (unpaired) electrons. The predicted molar refractivity (Wildman–Crippen MR) is 57.4 cm³/mol. The molecular weight excluding hydrogens is 174 g/mol. The lowest BCUT2D eigenvalue weighted by atomic mass is 10.1. The Morgan fingerprint density at radius 3 is 2.86 bits per heavy atom. The predicted octanol–water partition coefficient (Wildman–Crippen LogP) is 2.53. The number of rotatable bonds is 2. The molecule has 0 amide bonds. The molecule has 0 bridgehead atoms. The van der Waals surface area contributed by atoms with Gasteiger partial charge in [0.25, 0.3) is 0 Å². The molecular formula is C11H15N3. The van der Waals surface area contributed by atoms with Gasteiger partial charge in [-0.2, -0.15) is 0 Å². The monoisotopic (exact) mass is 189 g/mol. The van der Waals surface area contributed by atoms with E-state index in [1.807, 2.05) is 13.1 Å². The minimum Gasteiger partial charge on any atom is -0.343 e. The van der Waals surface area contributed by atoms with Crippen LogP contribution in [0.2, 0.25) is 0 Å². The van der Waals surface area contributed by atoms with Crippen molar-refractivity contribution >= 4 is 11.0 Å². The van der Waals surface area contributed by atoms with Gasteiger partial charge < -0.3 is 4.98 Å². The van der Waals surface area contributed by atoms with Gasteiger partial charge >= 0.3 is 0 Å². The zero-order valence-electron chi connectivity index (χ0n) is 8.89. The minimum absolute atomic E-state index is 0.821. The first-order valence-electron chi connectivity index (χ1n) is 5.03. The Labute approximate surface area is 83.6 Å². The first kappa shape index (κ1) is 9.19. The maximum Gasteiger partial charge on any atom is 0.141 e. The molecule has 0 unspecified atom stereocenters. The smallest absolute Gasteiger partial charge is 0.141 e. The summed E-state index contributed by atoms with van der Waals surface area (Å²) in [5, 5.41) is 1.15. The van der Waals surface area contributed by atoms with Gasteiger partial charge in [0.2, 0.25) is 0 Å². The summed E-state index contributed by atoms with van der Waals surface area (Å²) in [4.78, 5) is 11.9. The van der Waals surface area contributed by atoms with Crippen LogP contribution < -0.4 is 0 Å². The molecule has 3 heteroatoms. The second kappa shape index (κ2) is 3.40. The van der Waals surface area contributed by atoms with Crippen LogP contribution in [0.5, 0.6) is 0 Å². The molecule has 0 aromatic carbocycles. The lowest BCUT2D eigenvalue weighted by molar-refractivity contribution is 0.886. The first-order valence-corrected chi connectivity index (χ1v) is 5.03. The SMILES string of the molecule is CCCc1[nH]c2nc(C)ncc2c1C. The van der Waals surface area contributed by atoms with E-state index in [1.165, 1.54) is 11.3 Å². The Kier molecular flexibility index (Phi) is 2.23. The molecule has 0 saturated carbocycles. The minimum atomic E-state index is 0.821. The highest BCUT2D eigenvalue weighted by Crippen LogP contribution is 2.20. The van der Waals surface area contributed by atoms with Gasteiger partial charge in [0, 0.05) is 17.3 Å². The molecule has 1 N–H and O–H groups in total. The molecule has 3 nitrogen and oxygen atoms in total. The molecule has 14 heavy (non-hydrogen) atoms. The second-order valence-electron chi connectivity index (χ2n) is 3.66. The first-order chi connectivity index (χ1) is 6.72. The van der Waals surface area contributed by atoms with E-state index in [9.17, 15) is 0 Å². The van der Waals surface area contributed by atoms with E-state index in [1.54, 1.807) is 0 Å². The third kappa shape index (κ3) is 1.39. The molecule has 74 valence electrons. The van der Waals surface area contributed by atoms with Crippen molar-refractivity contribution in [2.24, 2.45) is 0 Å². The van der Waals surface area contributed by atoms with Gasteiger partial charge in [0.1, 0.15) is 11.5 Å². The second-order valence-corrected chi connectivity index (χ2v) is 3.66. The van der Waals surface area contributed by atoms with E-state index in [2.05, 4.69) is 28.8 Å². The fourth-order valence-corrected chi connectivity index (χ4v) is 1.74. The van der Waals surface area contributed by atoms with Crippen molar-refractivity contribution in [1.29, 1.82) is 0 Å². The molecule has 0 saturated heterocycles. The van der Waals surface area contributed by atoms with Crippen molar-refractivity contribution in [3.63, 3.8) is 0 Å². The van der Waals surface area contributed by atoms with Crippen LogP contribution >= 0.6 is 0 Å². The summed E-state index contributed by atoms with van der Waals surface area (Å²) in [5.41, 5.74) is 3.56. The van der Waals surface area contributed by atoms with Gasteiger partial charge in [-0.05, 0) is 25.8 Å². The summed E-state index contributed by atoms with van der Waals surface area (Å²) >= 11 is 0. The third-order valence-electron chi connectivity index (χ3n) is 2.54. The van der Waals surface area contributed by atoms with Crippen LogP contribution in [-0.2, 0) is 6.42 Å². The lowest BCUT2D eigenvalue weighted by Crippen LogP contribution is -1.86. The van der Waals surface area contributed by atoms with Crippen molar-refractivity contribution in [3.8, 4) is 0 Å². The Hall–Kier alpha value is -1.38. The van der Waals surface area contributed by atoms with Crippen LogP contribution in [0, 0.1) is 13.8 Å². The van der Waals surface area contributed by atoms with E-state index in [-0.39, 0.29) is 0 Å². The molecule has 0 aliphatic rings. The number of fused-ring (bicyclic) bond motifs is 1. The number of H-pyrrole nitrogens is 1. The summed E-state index contributed by atoms with van der Waals surface area (Å²) in [7, 11) is 0. The van der Waals surface area contributed by atoms with Crippen molar-refractivity contribution in [3.05, 3.63) is 23.3 Å². The van der Waals surface area contributed by atoms with Gasteiger partial charge in [0.05, 0.1) is 0 Å². The van der Waals surface area contributed by atoms with Crippen LogP contribution in [-0.4, -0.2) is 15.0 Å². The Balaban J connectivity index is 2.61. The fourth-order valence-electron chi connectivity index (χ4n) is 1.74. The zero-order chi connectivity index (χ0) is 10.1. The molecule has 2 aromatic rings. The van der Waals surface area contributed by atoms with Gasteiger partial charge in [-0.25, -0.2) is 9.97 Å². The molecule has 2 rings (SSSR count). The summed E-state index contributed by atoms with van der Waals surface area (Å²) in [6.45, 7) is 6.22. The highest BCUT2D eigenvalue weighted by Gasteiger charge is 2.07. The quantitative estimate of drug-likeness (QED) is 0.788. The number of nitrogens with zero attached hydrogens (tertiary/aromatic N) is 2. The zero-order valence-corrected chi connectivity index (χ0v) is 8.89. The number of hydrogen-bond donors (Lipinski definition) is 1. The molecule has 0 aliphatic carbocycles. The Bertz CT molecular complexity index is 457. The number of aromatic nitrogens is 3. The summed E-state index contributed by atoms with van der Waals surface area (Å²) < 4.78 is 0. The third-order valence-corrected chi connectivity index (χ3v) is 2.54. The molecule has 2 aromatic heterocycles. The Morgan fingerprint density at radius 1 is 1.36 bits per heavy atom. The largest absolute Gasteiger partial charge is 0.343 e. The van der Waals surface area contributed by atoms with Crippen molar-refractivity contribution in [1.82, 2.24) is 15.0 Å². The number of nitrogens with one attached hydrogen (secondary N) is 1. The van der Waals surface area contributed by atoms with Crippen LogP contribution in [0.25, 0.3) is 11.0 Å². The molecule has 0 spiro atoms. The summed E-state index contributed by atoms with van der Waals surface area (Å²) in [6.07, 6.45) is 4.14. The number of aromatic amines is 1. The van der Waals surface area contributed by atoms with Crippen molar-refractivity contribution in [2.75, 3.05) is 0 Å². The number of hydrogen-bond acceptors (Lipinski definition) is 2. The van der Waals surface area contributed by atoms with E-state index >= 15 is 0 Å². The maximum atomic E-state index is 4.37. The van der Waals surface area contributed by atoms with Gasteiger partial charge in [0.15, 0.2) is 0 Å². The highest BCUT2D eigenvalue weighted by atomic mass is 14.9. The average molecular weight is 189 g/mol. The fraction of sp³-hybridized carbons (Fsp3) is 0.455. The standard InChI is InChI=1S/C11H15N3/c1-4-5-10-7(2)9-6-12-8(3)13-11(9)14-10/h6H,4-5H2,1-3H3,(H,12,13,14). The van der Waals surface area contributed by atoms with Crippen LogP contribution in [0.4, 0.5) is 0 Å². The van der Waals surface area contributed by atoms with E-state index < -0.39 is 0 Å². The topological polar surface area (TPSA) is 41.6 Å². The van der Waals surface area contributed by atoms with Crippen LogP contribution in [0.1, 0.15) is 30.4 Å². The Morgan fingerprint density at radius 2 is 2.14 bits per heavy atom. The summed E-state index contributed by atoms with van der Waals surface area (Å²) in [5.74, 6) is 0.821. The van der Waals surface area contributed by atoms with Gasteiger partial charge in [-0.15, -0.1) is 0 Å². The molecule has 0 aliphatic heterocycles. The molecule has 2 heterocycles. The molecule has 0 atom stereocenters. The van der Waals surface area contributed by atoms with Crippen molar-refractivity contribution < 1.29 is 0 Å². The normalized spacial score (nSPS) is 11.1. The average Bonchev–Trinajstić information content (AvgIpc) is 2.44. The van der Waals surface area contributed by atoms with Crippen molar-refractivity contribution in [2.45, 2.75) is 33.6 Å². The van der Waals surface area contributed by atoms with E-state index in [0.29, 0.717) is 0 Å². The lowest BCUT2D eigenvalue weighted by Gasteiger charge is -1.94. The molecule has 0 fully saturated rings. The highest BCUT2D eigenvalue weighted by molar-refractivity contribution is 5.80. The van der Waals surface area contributed by atoms with E-state index in [0.717, 1.165) is 29.7 Å². The van der Waals surface area contributed by atoms with Gasteiger partial charge in [-0.3, -0.25) is 0 Å². The number of aryl methyl sites for hydroxylation is 3. The van der Waals surface area contributed by atoms with Gasteiger partial charge in [-0.1, -0.05) is 13.3 Å². The van der Waals surface area contributed by atoms with E-state index in [4.69, 9.17) is 0 Å².